The molecule has 0 heterocycles. The fourth-order valence-electron chi connectivity index (χ4n) is 3.46. The summed E-state index contributed by atoms with van der Waals surface area (Å²) in [5, 5.41) is 0. The Kier molecular flexibility index (Phi) is 7.02. The van der Waals surface area contributed by atoms with Gasteiger partial charge in [0.15, 0.2) is 0 Å². The van der Waals surface area contributed by atoms with Gasteiger partial charge >= 0.3 is 0 Å². The second-order valence-electron chi connectivity index (χ2n) is 7.09. The summed E-state index contributed by atoms with van der Waals surface area (Å²) < 4.78 is 66.7. The summed E-state index contributed by atoms with van der Waals surface area (Å²) in [5.74, 6) is 1.11. The molecule has 0 spiro atoms. The monoisotopic (exact) mass is 454 g/mol. The Morgan fingerprint density at radius 3 is 1.30 bits per heavy atom. The van der Waals surface area contributed by atoms with Crippen LogP contribution in [-0.4, -0.2) is 43.1 Å². The minimum atomic E-state index is -3.80. The number of sulfonamides is 2. The van der Waals surface area contributed by atoms with E-state index in [4.69, 9.17) is 9.47 Å². The summed E-state index contributed by atoms with van der Waals surface area (Å²) in [7, 11) is -4.60. The topological polar surface area (TPSA) is 111 Å². The maximum absolute atomic E-state index is 12.8. The zero-order valence-electron chi connectivity index (χ0n) is 16.9. The third kappa shape index (κ3) is 5.31. The average molecular weight is 455 g/mol. The maximum atomic E-state index is 12.8. The minimum Gasteiger partial charge on any atom is -0.497 e. The molecule has 1 aliphatic carbocycles. The number of ether oxygens (including phenoxy) is 2. The summed E-state index contributed by atoms with van der Waals surface area (Å²) >= 11 is 0. The van der Waals surface area contributed by atoms with Gasteiger partial charge in [-0.1, -0.05) is 12.8 Å². The number of benzene rings is 2. The van der Waals surface area contributed by atoms with Crippen LogP contribution in [0.4, 0.5) is 0 Å². The van der Waals surface area contributed by atoms with E-state index in [9.17, 15) is 16.8 Å². The quantitative estimate of drug-likeness (QED) is 0.633. The van der Waals surface area contributed by atoms with Gasteiger partial charge < -0.3 is 9.47 Å². The molecule has 0 saturated heterocycles. The molecule has 0 aliphatic heterocycles. The number of nitrogens with one attached hydrogen (secondary N) is 2. The molecule has 0 bridgehead atoms. The molecule has 8 nitrogen and oxygen atoms in total. The van der Waals surface area contributed by atoms with Crippen LogP contribution in [0, 0.1) is 0 Å². The molecule has 2 aromatic carbocycles. The van der Waals surface area contributed by atoms with Gasteiger partial charge in [0.05, 0.1) is 24.0 Å². The lowest BCUT2D eigenvalue weighted by Crippen LogP contribution is -2.52. The summed E-state index contributed by atoms with van der Waals surface area (Å²) in [6, 6.07) is 11.0. The molecule has 2 atom stereocenters. The van der Waals surface area contributed by atoms with Crippen LogP contribution in [0.2, 0.25) is 0 Å². The predicted octanol–water partition coefficient (Wildman–Crippen LogP) is 2.27. The number of hydrogen-bond donors (Lipinski definition) is 2. The molecule has 3 rings (SSSR count). The van der Waals surface area contributed by atoms with Crippen molar-refractivity contribution in [2.45, 2.75) is 47.6 Å². The van der Waals surface area contributed by atoms with Crippen molar-refractivity contribution in [3.63, 3.8) is 0 Å². The van der Waals surface area contributed by atoms with Crippen LogP contribution in [0.15, 0.2) is 58.3 Å². The molecule has 2 aromatic rings. The first-order valence-corrected chi connectivity index (χ1v) is 12.5. The Balaban J connectivity index is 1.76. The SMILES string of the molecule is COc1ccc(S(=O)(=O)N[C@H]2CCCC[C@H]2NS(=O)(=O)c2ccc(OC)cc2)cc1. The van der Waals surface area contributed by atoms with Gasteiger partial charge in [0.25, 0.3) is 0 Å². The van der Waals surface area contributed by atoms with Crippen molar-refractivity contribution >= 4 is 20.0 Å². The zero-order chi connectivity index (χ0) is 21.8. The number of methoxy groups -OCH3 is 2. The Morgan fingerprint density at radius 2 is 1.00 bits per heavy atom. The van der Waals surface area contributed by atoms with Gasteiger partial charge in [-0.25, -0.2) is 26.3 Å². The average Bonchev–Trinajstić information content (AvgIpc) is 2.75. The lowest BCUT2D eigenvalue weighted by Gasteiger charge is -2.32. The smallest absolute Gasteiger partial charge is 0.240 e. The molecule has 1 fully saturated rings. The van der Waals surface area contributed by atoms with Gasteiger partial charge in [0, 0.05) is 12.1 Å². The Hall–Kier alpha value is -2.14. The van der Waals surface area contributed by atoms with Crippen molar-refractivity contribution in [2.24, 2.45) is 0 Å². The van der Waals surface area contributed by atoms with E-state index in [-0.39, 0.29) is 9.79 Å². The Labute approximate surface area is 177 Å². The predicted molar refractivity (Wildman–Crippen MR) is 113 cm³/mol. The second kappa shape index (κ2) is 9.34. The molecule has 0 unspecified atom stereocenters. The summed E-state index contributed by atoms with van der Waals surface area (Å²) in [5.41, 5.74) is 0. The van der Waals surface area contributed by atoms with E-state index in [0.717, 1.165) is 12.8 Å². The van der Waals surface area contributed by atoms with E-state index in [0.29, 0.717) is 24.3 Å². The van der Waals surface area contributed by atoms with E-state index in [1.54, 1.807) is 24.3 Å². The van der Waals surface area contributed by atoms with Crippen molar-refractivity contribution < 1.29 is 26.3 Å². The van der Waals surface area contributed by atoms with Gasteiger partial charge in [-0.15, -0.1) is 0 Å². The lowest BCUT2D eigenvalue weighted by molar-refractivity contribution is 0.340. The highest BCUT2D eigenvalue weighted by atomic mass is 32.2. The molecular formula is C20H26N2O6S2. The highest BCUT2D eigenvalue weighted by Crippen LogP contribution is 2.24. The van der Waals surface area contributed by atoms with Crippen LogP contribution in [-0.2, 0) is 20.0 Å². The number of hydrogen-bond acceptors (Lipinski definition) is 6. The van der Waals surface area contributed by atoms with Gasteiger partial charge in [-0.05, 0) is 61.4 Å². The van der Waals surface area contributed by atoms with Crippen molar-refractivity contribution in [2.75, 3.05) is 14.2 Å². The van der Waals surface area contributed by atoms with Gasteiger partial charge in [0.1, 0.15) is 11.5 Å². The number of rotatable bonds is 8. The van der Waals surface area contributed by atoms with Crippen LogP contribution in [0.3, 0.4) is 0 Å². The maximum Gasteiger partial charge on any atom is 0.240 e. The van der Waals surface area contributed by atoms with E-state index >= 15 is 0 Å². The van der Waals surface area contributed by atoms with E-state index < -0.39 is 32.1 Å². The fraction of sp³-hybridized carbons (Fsp3) is 0.400. The fourth-order valence-corrected chi connectivity index (χ4v) is 6.08. The van der Waals surface area contributed by atoms with E-state index in [2.05, 4.69) is 9.44 Å². The van der Waals surface area contributed by atoms with Crippen LogP contribution < -0.4 is 18.9 Å². The Bertz CT molecular complexity index is 964. The summed E-state index contributed by atoms with van der Waals surface area (Å²) in [6.45, 7) is 0. The van der Waals surface area contributed by atoms with Gasteiger partial charge in [0.2, 0.25) is 20.0 Å². The second-order valence-corrected chi connectivity index (χ2v) is 10.5. The molecule has 1 saturated carbocycles. The minimum absolute atomic E-state index is 0.102. The van der Waals surface area contributed by atoms with Crippen molar-refractivity contribution in [1.29, 1.82) is 0 Å². The van der Waals surface area contributed by atoms with Crippen molar-refractivity contribution in [1.82, 2.24) is 9.44 Å². The molecule has 164 valence electrons. The standard InChI is InChI=1S/C20H26N2O6S2/c1-27-15-7-11-17(12-8-15)29(23,24)21-19-5-3-4-6-20(19)22-30(25,26)18-13-9-16(28-2)10-14-18/h7-14,19-22H,3-6H2,1-2H3/t19-,20+. The first kappa shape index (κ1) is 22.5. The molecule has 0 aromatic heterocycles. The normalized spacial score (nSPS) is 19.9. The van der Waals surface area contributed by atoms with Crippen molar-refractivity contribution in [3.8, 4) is 11.5 Å². The largest absolute Gasteiger partial charge is 0.497 e. The van der Waals surface area contributed by atoms with Crippen LogP contribution in [0.1, 0.15) is 25.7 Å². The third-order valence-electron chi connectivity index (χ3n) is 5.12. The summed E-state index contributed by atoms with van der Waals surface area (Å²) in [4.78, 5) is 0.205. The van der Waals surface area contributed by atoms with Gasteiger partial charge in [-0.3, -0.25) is 0 Å². The van der Waals surface area contributed by atoms with Crippen LogP contribution in [0.25, 0.3) is 0 Å². The third-order valence-corrected chi connectivity index (χ3v) is 8.13. The zero-order valence-corrected chi connectivity index (χ0v) is 18.5. The molecule has 1 aliphatic rings. The molecule has 30 heavy (non-hydrogen) atoms. The summed E-state index contributed by atoms with van der Waals surface area (Å²) in [6.07, 6.45) is 2.73. The first-order chi connectivity index (χ1) is 14.2. The Morgan fingerprint density at radius 1 is 0.667 bits per heavy atom. The lowest BCUT2D eigenvalue weighted by atomic mass is 9.92. The molecule has 0 radical (unpaired) electrons. The highest BCUT2D eigenvalue weighted by molar-refractivity contribution is 7.90. The van der Waals surface area contributed by atoms with Gasteiger partial charge in [-0.2, -0.15) is 0 Å². The van der Waals surface area contributed by atoms with Crippen LogP contribution >= 0.6 is 0 Å². The molecule has 0 amide bonds. The van der Waals surface area contributed by atoms with E-state index in [1.165, 1.54) is 38.5 Å². The van der Waals surface area contributed by atoms with Crippen molar-refractivity contribution in [3.05, 3.63) is 48.5 Å². The molecule has 2 N–H and O–H groups in total. The molecular weight excluding hydrogens is 428 g/mol. The van der Waals surface area contributed by atoms with Crippen LogP contribution in [0.5, 0.6) is 11.5 Å². The highest BCUT2D eigenvalue weighted by Gasteiger charge is 2.32. The van der Waals surface area contributed by atoms with E-state index in [1.807, 2.05) is 0 Å². The molecule has 10 heteroatoms. The first-order valence-electron chi connectivity index (χ1n) is 9.58.